The van der Waals surface area contributed by atoms with E-state index in [0.717, 1.165) is 23.4 Å². The highest BCUT2D eigenvalue weighted by Crippen LogP contribution is 2.28. The lowest BCUT2D eigenvalue weighted by Gasteiger charge is -2.10. The van der Waals surface area contributed by atoms with Crippen LogP contribution in [-0.4, -0.2) is 36.7 Å². The Labute approximate surface area is 136 Å². The molecule has 118 valence electrons. The van der Waals surface area contributed by atoms with Crippen molar-refractivity contribution in [3.63, 3.8) is 0 Å². The number of carbonyl (C=O) groups excluding carboxylic acids is 2. The fraction of sp³-hybridized carbons (Fsp3) is 0.500. The second-order valence-corrected chi connectivity index (χ2v) is 7.01. The standard InChI is InChI=1S/C14H16ClN3O3S/c15-12-4-3-11(22-12)9-7-10(21-18-9)14(20)17-6-5-16-13(19)8-1-2-8/h3-4,8,10H,1-2,5-7H2,(H,16,19)(H,17,20)/t10-/m0/s1. The Morgan fingerprint density at radius 1 is 1.27 bits per heavy atom. The average molecular weight is 342 g/mol. The molecule has 1 aromatic heterocycles. The van der Waals surface area contributed by atoms with Gasteiger partial charge in [-0.05, 0) is 25.0 Å². The fourth-order valence-electron chi connectivity index (χ4n) is 2.11. The van der Waals surface area contributed by atoms with Gasteiger partial charge >= 0.3 is 0 Å². The van der Waals surface area contributed by atoms with Crippen LogP contribution < -0.4 is 10.6 Å². The quantitative estimate of drug-likeness (QED) is 0.770. The molecular formula is C14H16ClN3O3S. The van der Waals surface area contributed by atoms with Crippen LogP contribution in [0.1, 0.15) is 24.1 Å². The second kappa shape index (κ2) is 6.66. The number of hydrogen-bond acceptors (Lipinski definition) is 5. The van der Waals surface area contributed by atoms with Crippen LogP contribution in [0.25, 0.3) is 0 Å². The molecule has 1 saturated carbocycles. The molecule has 1 atom stereocenters. The van der Waals surface area contributed by atoms with Crippen molar-refractivity contribution in [2.75, 3.05) is 13.1 Å². The van der Waals surface area contributed by atoms with Crippen LogP contribution in [0.3, 0.4) is 0 Å². The van der Waals surface area contributed by atoms with Gasteiger partial charge in [0.2, 0.25) is 12.0 Å². The van der Waals surface area contributed by atoms with E-state index in [-0.39, 0.29) is 17.7 Å². The van der Waals surface area contributed by atoms with Gasteiger partial charge in [-0.25, -0.2) is 0 Å². The Hall–Kier alpha value is -1.60. The number of hydrogen-bond donors (Lipinski definition) is 2. The van der Waals surface area contributed by atoms with Crippen molar-refractivity contribution in [1.29, 1.82) is 0 Å². The van der Waals surface area contributed by atoms with Crippen LogP contribution in [0.2, 0.25) is 4.34 Å². The fourth-order valence-corrected chi connectivity index (χ4v) is 3.14. The first-order valence-corrected chi connectivity index (χ1v) is 8.37. The van der Waals surface area contributed by atoms with Gasteiger partial charge in [-0.15, -0.1) is 11.3 Å². The van der Waals surface area contributed by atoms with Crippen molar-refractivity contribution >= 4 is 40.5 Å². The first-order chi connectivity index (χ1) is 10.6. The number of carbonyl (C=O) groups is 2. The van der Waals surface area contributed by atoms with E-state index in [1.807, 2.05) is 6.07 Å². The Balaban J connectivity index is 1.38. The third-order valence-electron chi connectivity index (χ3n) is 3.49. The predicted molar refractivity (Wildman–Crippen MR) is 84.1 cm³/mol. The molecular weight excluding hydrogens is 326 g/mol. The average Bonchev–Trinajstić information content (AvgIpc) is 3.08. The van der Waals surface area contributed by atoms with Gasteiger partial charge in [-0.3, -0.25) is 9.59 Å². The number of oxime groups is 1. The molecule has 1 fully saturated rings. The summed E-state index contributed by atoms with van der Waals surface area (Å²) in [5, 5.41) is 9.48. The first-order valence-electron chi connectivity index (χ1n) is 7.17. The minimum Gasteiger partial charge on any atom is -0.382 e. The van der Waals surface area contributed by atoms with Crippen LogP contribution in [0.5, 0.6) is 0 Å². The van der Waals surface area contributed by atoms with Gasteiger partial charge in [-0.2, -0.15) is 0 Å². The molecule has 0 spiro atoms. The smallest absolute Gasteiger partial charge is 0.264 e. The summed E-state index contributed by atoms with van der Waals surface area (Å²) < 4.78 is 0.678. The van der Waals surface area contributed by atoms with Gasteiger partial charge < -0.3 is 15.5 Å². The molecule has 0 saturated heterocycles. The van der Waals surface area contributed by atoms with Gasteiger partial charge in [-0.1, -0.05) is 16.8 Å². The molecule has 8 heteroatoms. The van der Waals surface area contributed by atoms with Gasteiger partial charge in [0, 0.05) is 25.4 Å². The van der Waals surface area contributed by atoms with Crippen LogP contribution >= 0.6 is 22.9 Å². The number of rotatable bonds is 6. The molecule has 0 radical (unpaired) electrons. The maximum atomic E-state index is 12.0. The molecule has 2 amide bonds. The minimum absolute atomic E-state index is 0.0755. The van der Waals surface area contributed by atoms with Crippen molar-refractivity contribution in [2.45, 2.75) is 25.4 Å². The molecule has 1 aliphatic carbocycles. The van der Waals surface area contributed by atoms with E-state index in [4.69, 9.17) is 16.4 Å². The van der Waals surface area contributed by atoms with Crippen molar-refractivity contribution in [3.05, 3.63) is 21.3 Å². The van der Waals surface area contributed by atoms with E-state index in [0.29, 0.717) is 23.8 Å². The highest BCUT2D eigenvalue weighted by molar-refractivity contribution is 7.18. The third kappa shape index (κ3) is 3.78. The molecule has 0 bridgehead atoms. The monoisotopic (exact) mass is 341 g/mol. The van der Waals surface area contributed by atoms with Gasteiger partial charge in [0.05, 0.1) is 9.21 Å². The van der Waals surface area contributed by atoms with Crippen LogP contribution in [-0.2, 0) is 14.4 Å². The summed E-state index contributed by atoms with van der Waals surface area (Å²) in [6.07, 6.45) is 1.76. The number of nitrogens with one attached hydrogen (secondary N) is 2. The van der Waals surface area contributed by atoms with Gasteiger partial charge in [0.1, 0.15) is 5.71 Å². The minimum atomic E-state index is -0.616. The molecule has 1 aromatic rings. The van der Waals surface area contributed by atoms with Gasteiger partial charge in [0.25, 0.3) is 5.91 Å². The highest BCUT2D eigenvalue weighted by atomic mass is 35.5. The Bertz CT molecular complexity index is 612. The van der Waals surface area contributed by atoms with Crippen molar-refractivity contribution in [3.8, 4) is 0 Å². The summed E-state index contributed by atoms with van der Waals surface area (Å²) in [4.78, 5) is 29.5. The van der Waals surface area contributed by atoms with E-state index in [1.165, 1.54) is 11.3 Å². The Kier molecular flexibility index (Phi) is 4.63. The van der Waals surface area contributed by atoms with E-state index >= 15 is 0 Å². The van der Waals surface area contributed by atoms with E-state index in [9.17, 15) is 9.59 Å². The zero-order chi connectivity index (χ0) is 15.5. The highest BCUT2D eigenvalue weighted by Gasteiger charge is 2.30. The van der Waals surface area contributed by atoms with E-state index in [1.54, 1.807) is 6.07 Å². The lowest BCUT2D eigenvalue weighted by atomic mass is 10.1. The molecule has 22 heavy (non-hydrogen) atoms. The number of nitrogens with zero attached hydrogens (tertiary/aromatic N) is 1. The lowest BCUT2D eigenvalue weighted by molar-refractivity contribution is -0.131. The zero-order valence-electron chi connectivity index (χ0n) is 11.8. The Morgan fingerprint density at radius 2 is 2.00 bits per heavy atom. The maximum absolute atomic E-state index is 12.0. The zero-order valence-corrected chi connectivity index (χ0v) is 13.4. The molecule has 0 unspecified atom stereocenters. The van der Waals surface area contributed by atoms with Crippen molar-refractivity contribution in [2.24, 2.45) is 11.1 Å². The largest absolute Gasteiger partial charge is 0.382 e. The summed E-state index contributed by atoms with van der Waals surface area (Å²) in [7, 11) is 0. The number of halogens is 1. The number of thiophene rings is 1. The molecule has 2 aliphatic rings. The first kappa shape index (κ1) is 15.3. The topological polar surface area (TPSA) is 79.8 Å². The summed E-state index contributed by atoms with van der Waals surface area (Å²) in [6, 6.07) is 3.66. The summed E-state index contributed by atoms with van der Waals surface area (Å²) in [5.74, 6) is 0.0380. The second-order valence-electron chi connectivity index (χ2n) is 5.30. The molecule has 2 N–H and O–H groups in total. The SMILES string of the molecule is O=C(NCCNC(=O)[C@@H]1CC(c2ccc(Cl)s2)=NO1)C1CC1. The van der Waals surface area contributed by atoms with Crippen molar-refractivity contribution in [1.82, 2.24) is 10.6 Å². The summed E-state index contributed by atoms with van der Waals surface area (Å²) in [5.41, 5.74) is 0.735. The predicted octanol–water partition coefficient (Wildman–Crippen LogP) is 1.54. The maximum Gasteiger partial charge on any atom is 0.264 e. The normalized spacial score (nSPS) is 20.2. The molecule has 3 rings (SSSR count). The summed E-state index contributed by atoms with van der Waals surface area (Å²) in [6.45, 7) is 0.819. The van der Waals surface area contributed by atoms with E-state index in [2.05, 4.69) is 15.8 Å². The van der Waals surface area contributed by atoms with E-state index < -0.39 is 6.10 Å². The van der Waals surface area contributed by atoms with Crippen molar-refractivity contribution < 1.29 is 14.4 Å². The van der Waals surface area contributed by atoms with Crippen LogP contribution in [0.4, 0.5) is 0 Å². The Morgan fingerprint density at radius 3 is 2.64 bits per heavy atom. The molecule has 0 aromatic carbocycles. The number of amides is 2. The molecule has 2 heterocycles. The van der Waals surface area contributed by atoms with Crippen LogP contribution in [0.15, 0.2) is 17.3 Å². The molecule has 6 nitrogen and oxygen atoms in total. The van der Waals surface area contributed by atoms with Crippen LogP contribution in [0, 0.1) is 5.92 Å². The van der Waals surface area contributed by atoms with Gasteiger partial charge in [0.15, 0.2) is 0 Å². The molecule has 1 aliphatic heterocycles. The lowest BCUT2D eigenvalue weighted by Crippen LogP contribution is -2.40. The summed E-state index contributed by atoms with van der Waals surface area (Å²) >= 11 is 7.29. The third-order valence-corrected chi connectivity index (χ3v) is 4.77.